The number of aryl methyl sites for hydroxylation is 1. The summed E-state index contributed by atoms with van der Waals surface area (Å²) in [7, 11) is 2.87. The largest absolute Gasteiger partial charge is 0.490 e. The smallest absolute Gasteiger partial charge is 0.315 e. The van der Waals surface area contributed by atoms with Crippen LogP contribution in [0, 0.1) is 6.92 Å². The number of benzene rings is 3. The van der Waals surface area contributed by atoms with Gasteiger partial charge in [-0.1, -0.05) is 48.5 Å². The van der Waals surface area contributed by atoms with Crippen LogP contribution in [0.5, 0.6) is 23.0 Å². The number of carbonyl (C=O) groups is 2. The van der Waals surface area contributed by atoms with Crippen LogP contribution in [0.1, 0.15) is 18.1 Å². The van der Waals surface area contributed by atoms with Crippen LogP contribution in [0.2, 0.25) is 0 Å². The fraction of sp³-hybridized carbons (Fsp3) is 0.217. The first kappa shape index (κ1) is 20.2. The van der Waals surface area contributed by atoms with Crippen LogP contribution in [-0.4, -0.2) is 26.2 Å². The molecule has 0 aliphatic carbocycles. The summed E-state index contributed by atoms with van der Waals surface area (Å²) in [5, 5.41) is 1.20. The van der Waals surface area contributed by atoms with Gasteiger partial charge in [0.2, 0.25) is 11.5 Å². The maximum Gasteiger partial charge on any atom is 0.315 e. The quantitative estimate of drug-likeness (QED) is 0.460. The van der Waals surface area contributed by atoms with Crippen LogP contribution in [-0.2, 0) is 16.0 Å². The highest BCUT2D eigenvalue weighted by Crippen LogP contribution is 2.52. The number of rotatable bonds is 6. The standard InChI is InChI=1S/C23H22O6/c1-14-9-8-12-17-19(14)21(29-18(25)13-16-10-6-5-7-11-16)23(27-4)22(26-3)20(17)28-15(2)24/h5-12H,13H2,1-4H3. The van der Waals surface area contributed by atoms with Crippen molar-refractivity contribution >= 4 is 22.7 Å². The molecule has 0 spiro atoms. The Balaban J connectivity index is 2.17. The maximum atomic E-state index is 12.7. The van der Waals surface area contributed by atoms with E-state index in [0.717, 1.165) is 11.1 Å². The number of fused-ring (bicyclic) bond motifs is 1. The van der Waals surface area contributed by atoms with E-state index in [1.54, 1.807) is 6.07 Å². The number of hydrogen-bond acceptors (Lipinski definition) is 6. The number of carbonyl (C=O) groups excluding carboxylic acids is 2. The Morgan fingerprint density at radius 1 is 0.793 bits per heavy atom. The third-order valence-corrected chi connectivity index (χ3v) is 4.42. The molecule has 3 aromatic carbocycles. The minimum absolute atomic E-state index is 0.103. The summed E-state index contributed by atoms with van der Waals surface area (Å²) in [6, 6.07) is 14.8. The molecule has 6 heteroatoms. The van der Waals surface area contributed by atoms with Gasteiger partial charge >= 0.3 is 11.9 Å². The van der Waals surface area contributed by atoms with Gasteiger partial charge in [-0.2, -0.15) is 0 Å². The topological polar surface area (TPSA) is 71.1 Å². The Morgan fingerprint density at radius 2 is 1.45 bits per heavy atom. The van der Waals surface area contributed by atoms with Gasteiger partial charge in [-0.15, -0.1) is 0 Å². The van der Waals surface area contributed by atoms with Crippen molar-refractivity contribution < 1.29 is 28.5 Å². The summed E-state index contributed by atoms with van der Waals surface area (Å²) in [6.07, 6.45) is 0.103. The Hall–Kier alpha value is -3.54. The summed E-state index contributed by atoms with van der Waals surface area (Å²) < 4.78 is 22.1. The van der Waals surface area contributed by atoms with Gasteiger partial charge in [0.05, 0.1) is 20.6 Å². The molecule has 0 N–H and O–H groups in total. The van der Waals surface area contributed by atoms with Crippen molar-refractivity contribution in [2.75, 3.05) is 14.2 Å². The highest BCUT2D eigenvalue weighted by molar-refractivity contribution is 6.03. The van der Waals surface area contributed by atoms with Gasteiger partial charge in [0, 0.05) is 17.7 Å². The van der Waals surface area contributed by atoms with Gasteiger partial charge in [0.15, 0.2) is 11.5 Å². The number of esters is 2. The Morgan fingerprint density at radius 3 is 2.07 bits per heavy atom. The van der Waals surface area contributed by atoms with Crippen LogP contribution in [0.25, 0.3) is 10.8 Å². The van der Waals surface area contributed by atoms with Crippen molar-refractivity contribution in [3.63, 3.8) is 0 Å². The van der Waals surface area contributed by atoms with E-state index in [2.05, 4.69) is 0 Å². The molecule has 150 valence electrons. The molecule has 0 fully saturated rings. The van der Waals surface area contributed by atoms with Gasteiger partial charge < -0.3 is 18.9 Å². The van der Waals surface area contributed by atoms with E-state index >= 15 is 0 Å². The van der Waals surface area contributed by atoms with Crippen LogP contribution < -0.4 is 18.9 Å². The second-order valence-corrected chi connectivity index (χ2v) is 6.45. The Bertz CT molecular complexity index is 1060. The van der Waals surface area contributed by atoms with Crippen molar-refractivity contribution in [3.05, 3.63) is 59.7 Å². The summed E-state index contributed by atoms with van der Waals surface area (Å²) >= 11 is 0. The fourth-order valence-electron chi connectivity index (χ4n) is 3.23. The normalized spacial score (nSPS) is 10.5. The number of hydrogen-bond donors (Lipinski definition) is 0. The molecule has 0 amide bonds. The van der Waals surface area contributed by atoms with Gasteiger partial charge in [-0.25, -0.2) is 0 Å². The first-order valence-corrected chi connectivity index (χ1v) is 9.06. The summed E-state index contributed by atoms with van der Waals surface area (Å²) in [5.74, 6) is -0.119. The van der Waals surface area contributed by atoms with E-state index in [9.17, 15) is 9.59 Å². The molecule has 0 saturated carbocycles. The van der Waals surface area contributed by atoms with E-state index in [4.69, 9.17) is 18.9 Å². The average molecular weight is 394 g/mol. The number of ether oxygens (including phenoxy) is 4. The second kappa shape index (κ2) is 8.65. The summed E-state index contributed by atoms with van der Waals surface area (Å²) in [5.41, 5.74) is 1.67. The SMILES string of the molecule is COc1c(OC)c(OC(=O)Cc2ccccc2)c2c(C)cccc2c1OC(C)=O. The zero-order chi connectivity index (χ0) is 21.0. The predicted octanol–water partition coefficient (Wildman–Crippen LogP) is 4.24. The maximum absolute atomic E-state index is 12.7. The third-order valence-electron chi connectivity index (χ3n) is 4.42. The van der Waals surface area contributed by atoms with Crippen molar-refractivity contribution in [2.45, 2.75) is 20.3 Å². The second-order valence-electron chi connectivity index (χ2n) is 6.45. The lowest BCUT2D eigenvalue weighted by molar-refractivity contribution is -0.134. The average Bonchev–Trinajstić information content (AvgIpc) is 2.69. The van der Waals surface area contributed by atoms with E-state index in [0.29, 0.717) is 10.8 Å². The van der Waals surface area contributed by atoms with Gasteiger partial charge in [0.1, 0.15) is 0 Å². The van der Waals surface area contributed by atoms with E-state index in [1.807, 2.05) is 49.4 Å². The molecule has 0 aromatic heterocycles. The van der Waals surface area contributed by atoms with Crippen LogP contribution >= 0.6 is 0 Å². The molecule has 3 aromatic rings. The summed E-state index contributed by atoms with van der Waals surface area (Å²) in [6.45, 7) is 3.18. The van der Waals surface area contributed by atoms with Gasteiger partial charge in [0.25, 0.3) is 0 Å². The molecular weight excluding hydrogens is 372 g/mol. The fourth-order valence-corrected chi connectivity index (χ4v) is 3.23. The van der Waals surface area contributed by atoms with Crippen LogP contribution in [0.15, 0.2) is 48.5 Å². The van der Waals surface area contributed by atoms with E-state index < -0.39 is 11.9 Å². The summed E-state index contributed by atoms with van der Waals surface area (Å²) in [4.78, 5) is 24.3. The van der Waals surface area contributed by atoms with Crippen molar-refractivity contribution in [1.82, 2.24) is 0 Å². The predicted molar refractivity (Wildman–Crippen MR) is 109 cm³/mol. The monoisotopic (exact) mass is 394 g/mol. The molecule has 0 radical (unpaired) electrons. The minimum Gasteiger partial charge on any atom is -0.490 e. The lowest BCUT2D eigenvalue weighted by Crippen LogP contribution is -2.13. The number of methoxy groups -OCH3 is 2. The Kier molecular flexibility index (Phi) is 6.02. The van der Waals surface area contributed by atoms with Gasteiger partial charge in [-0.3, -0.25) is 9.59 Å². The van der Waals surface area contributed by atoms with Crippen molar-refractivity contribution in [2.24, 2.45) is 0 Å². The van der Waals surface area contributed by atoms with Crippen LogP contribution in [0.3, 0.4) is 0 Å². The zero-order valence-electron chi connectivity index (χ0n) is 16.8. The van der Waals surface area contributed by atoms with Crippen LogP contribution in [0.4, 0.5) is 0 Å². The molecule has 0 aliphatic rings. The molecule has 6 nitrogen and oxygen atoms in total. The molecular formula is C23H22O6. The molecule has 0 unspecified atom stereocenters. The highest BCUT2D eigenvalue weighted by atomic mass is 16.6. The molecule has 3 rings (SSSR count). The van der Waals surface area contributed by atoms with Crippen molar-refractivity contribution in [3.8, 4) is 23.0 Å². The molecule has 0 heterocycles. The Labute approximate surface area is 169 Å². The first-order valence-electron chi connectivity index (χ1n) is 9.06. The van der Waals surface area contributed by atoms with Gasteiger partial charge in [-0.05, 0) is 18.1 Å². The lowest BCUT2D eigenvalue weighted by atomic mass is 10.0. The van der Waals surface area contributed by atoms with E-state index in [-0.39, 0.29) is 29.4 Å². The third kappa shape index (κ3) is 4.16. The molecule has 29 heavy (non-hydrogen) atoms. The van der Waals surface area contributed by atoms with E-state index in [1.165, 1.54) is 21.1 Å². The highest BCUT2D eigenvalue weighted by Gasteiger charge is 2.27. The zero-order valence-corrected chi connectivity index (χ0v) is 16.8. The molecule has 0 bridgehead atoms. The lowest BCUT2D eigenvalue weighted by Gasteiger charge is -2.20. The minimum atomic E-state index is -0.498. The van der Waals surface area contributed by atoms with Crippen molar-refractivity contribution in [1.29, 1.82) is 0 Å². The first-order chi connectivity index (χ1) is 14.0. The molecule has 0 atom stereocenters. The molecule has 0 saturated heterocycles. The molecule has 0 aliphatic heterocycles.